The quantitative estimate of drug-likeness (QED) is 0.534. The lowest BCUT2D eigenvalue weighted by atomic mass is 9.87. The average molecular weight is 579 g/mol. The molecule has 0 aromatic heterocycles. The molecular formula is C30H44ClFN4O4. The molecule has 40 heavy (non-hydrogen) atoms. The Morgan fingerprint density at radius 3 is 2.33 bits per heavy atom. The summed E-state index contributed by atoms with van der Waals surface area (Å²) in [5.74, 6) is -1.26. The van der Waals surface area contributed by atoms with Crippen molar-refractivity contribution in [1.29, 1.82) is 0 Å². The Hall–Kier alpha value is -2.23. The zero-order valence-corrected chi connectivity index (χ0v) is 25.0. The number of likely N-dealkylation sites (tertiary alicyclic amines) is 1. The summed E-state index contributed by atoms with van der Waals surface area (Å²) >= 11 is 6.03. The van der Waals surface area contributed by atoms with Crippen LogP contribution in [0.25, 0.3) is 0 Å². The predicted molar refractivity (Wildman–Crippen MR) is 153 cm³/mol. The maximum atomic E-state index is 15.1. The SMILES string of the molecule is CCC(=O)NC(CC(C)(C)C)C(=O)N1CCN(C(=O)C2CN(C3CCOCC3)C[C@H]2c2ccc(Cl)cc2F)CC1. The summed E-state index contributed by atoms with van der Waals surface area (Å²) < 4.78 is 20.6. The molecule has 1 aromatic carbocycles. The molecule has 10 heteroatoms. The van der Waals surface area contributed by atoms with Crippen LogP contribution in [-0.2, 0) is 19.1 Å². The number of carbonyl (C=O) groups excluding carboxylic acids is 3. The highest BCUT2D eigenvalue weighted by Gasteiger charge is 2.44. The topological polar surface area (TPSA) is 82.2 Å². The van der Waals surface area contributed by atoms with Gasteiger partial charge in [-0.15, -0.1) is 0 Å². The Kier molecular flexibility index (Phi) is 10.1. The van der Waals surface area contributed by atoms with Crippen LogP contribution in [0, 0.1) is 17.2 Å². The van der Waals surface area contributed by atoms with Gasteiger partial charge < -0.3 is 19.9 Å². The number of benzene rings is 1. The third kappa shape index (κ3) is 7.53. The van der Waals surface area contributed by atoms with Gasteiger partial charge >= 0.3 is 0 Å². The van der Waals surface area contributed by atoms with E-state index in [1.54, 1.807) is 24.0 Å². The fraction of sp³-hybridized carbons (Fsp3) is 0.700. The van der Waals surface area contributed by atoms with E-state index in [1.807, 2.05) is 25.7 Å². The molecule has 0 bridgehead atoms. The molecule has 3 saturated heterocycles. The van der Waals surface area contributed by atoms with Gasteiger partial charge in [0.15, 0.2) is 0 Å². The standard InChI is InChI=1S/C30H44ClFN4O4/c1-5-27(37)33-26(17-30(2,3)4)29(39)35-12-10-34(11-13-35)28(38)24-19-36(21-8-14-40-15-9-21)18-23(24)22-7-6-20(31)16-25(22)32/h6-7,16,21,23-24,26H,5,8-15,17-19H2,1-4H3,(H,33,37)/t23-,24?,26?/m0/s1. The van der Waals surface area contributed by atoms with Crippen molar-refractivity contribution in [3.63, 3.8) is 0 Å². The van der Waals surface area contributed by atoms with Crippen molar-refractivity contribution in [2.24, 2.45) is 11.3 Å². The van der Waals surface area contributed by atoms with Gasteiger partial charge in [-0.25, -0.2) is 4.39 Å². The second-order valence-electron chi connectivity index (χ2n) is 12.6. The van der Waals surface area contributed by atoms with Gasteiger partial charge in [0, 0.05) is 75.9 Å². The Labute approximate surface area is 242 Å². The fourth-order valence-corrected chi connectivity index (χ4v) is 6.42. The van der Waals surface area contributed by atoms with E-state index in [0.717, 1.165) is 12.8 Å². The molecular weight excluding hydrogens is 535 g/mol. The summed E-state index contributed by atoms with van der Waals surface area (Å²) in [5.41, 5.74) is 0.395. The van der Waals surface area contributed by atoms with Crippen molar-refractivity contribution < 1.29 is 23.5 Å². The second-order valence-corrected chi connectivity index (χ2v) is 13.0. The summed E-state index contributed by atoms with van der Waals surface area (Å²) in [5, 5.41) is 3.24. The zero-order chi connectivity index (χ0) is 29.0. The molecule has 4 rings (SSSR count). The summed E-state index contributed by atoms with van der Waals surface area (Å²) in [6.07, 6.45) is 2.66. The highest BCUT2D eigenvalue weighted by atomic mass is 35.5. The van der Waals surface area contributed by atoms with Crippen LogP contribution >= 0.6 is 11.6 Å². The van der Waals surface area contributed by atoms with Crippen LogP contribution in [0.1, 0.15) is 64.9 Å². The number of ether oxygens (including phenoxy) is 1. The van der Waals surface area contributed by atoms with Gasteiger partial charge in [-0.1, -0.05) is 45.4 Å². The van der Waals surface area contributed by atoms with Crippen LogP contribution < -0.4 is 5.32 Å². The van der Waals surface area contributed by atoms with Crippen LogP contribution in [0.2, 0.25) is 5.02 Å². The van der Waals surface area contributed by atoms with E-state index in [0.29, 0.717) is 82.0 Å². The number of halogens is 2. The molecule has 8 nitrogen and oxygen atoms in total. The predicted octanol–water partition coefficient (Wildman–Crippen LogP) is 3.68. The molecule has 3 aliphatic heterocycles. The number of rotatable bonds is 7. The van der Waals surface area contributed by atoms with Crippen molar-refractivity contribution in [1.82, 2.24) is 20.0 Å². The minimum absolute atomic E-state index is 0.00605. The number of hydrogen-bond acceptors (Lipinski definition) is 5. The Balaban J connectivity index is 1.45. The first kappa shape index (κ1) is 30.7. The fourth-order valence-electron chi connectivity index (χ4n) is 6.26. The molecule has 1 aromatic rings. The minimum Gasteiger partial charge on any atom is -0.381 e. The van der Waals surface area contributed by atoms with Crippen LogP contribution in [-0.4, -0.2) is 97.0 Å². The lowest BCUT2D eigenvalue weighted by Gasteiger charge is -2.39. The highest BCUT2D eigenvalue weighted by molar-refractivity contribution is 6.30. The van der Waals surface area contributed by atoms with E-state index < -0.39 is 6.04 Å². The summed E-state index contributed by atoms with van der Waals surface area (Å²) in [6.45, 7) is 12.1. The van der Waals surface area contributed by atoms with Gasteiger partial charge in [0.25, 0.3) is 0 Å². The Morgan fingerprint density at radius 1 is 1.07 bits per heavy atom. The molecule has 2 unspecified atom stereocenters. The molecule has 3 heterocycles. The second kappa shape index (κ2) is 13.2. The van der Waals surface area contributed by atoms with Crippen molar-refractivity contribution in [2.45, 2.75) is 71.4 Å². The third-order valence-corrected chi connectivity index (χ3v) is 8.64. The first-order valence-electron chi connectivity index (χ1n) is 14.6. The molecule has 0 saturated carbocycles. The lowest BCUT2D eigenvalue weighted by molar-refractivity contribution is -0.144. The average Bonchev–Trinajstić information content (AvgIpc) is 3.37. The largest absolute Gasteiger partial charge is 0.381 e. The lowest BCUT2D eigenvalue weighted by Crippen LogP contribution is -2.57. The highest BCUT2D eigenvalue weighted by Crippen LogP contribution is 2.38. The van der Waals surface area contributed by atoms with Crippen LogP contribution in [0.15, 0.2) is 18.2 Å². The van der Waals surface area contributed by atoms with E-state index in [-0.39, 0.29) is 40.8 Å². The van der Waals surface area contributed by atoms with E-state index in [9.17, 15) is 14.4 Å². The summed E-state index contributed by atoms with van der Waals surface area (Å²) in [7, 11) is 0. The Morgan fingerprint density at radius 2 is 1.73 bits per heavy atom. The van der Waals surface area contributed by atoms with E-state index >= 15 is 4.39 Å². The van der Waals surface area contributed by atoms with Crippen molar-refractivity contribution in [2.75, 3.05) is 52.5 Å². The Bertz CT molecular complexity index is 1070. The molecule has 3 aliphatic rings. The maximum absolute atomic E-state index is 15.1. The molecule has 3 amide bonds. The van der Waals surface area contributed by atoms with Gasteiger partial charge in [0.05, 0.1) is 5.92 Å². The molecule has 0 spiro atoms. The van der Waals surface area contributed by atoms with Gasteiger partial charge in [0.2, 0.25) is 17.7 Å². The number of hydrogen-bond donors (Lipinski definition) is 1. The first-order valence-corrected chi connectivity index (χ1v) is 15.0. The maximum Gasteiger partial charge on any atom is 0.245 e. The number of nitrogens with zero attached hydrogens (tertiary/aromatic N) is 3. The third-order valence-electron chi connectivity index (χ3n) is 8.41. The van der Waals surface area contributed by atoms with Gasteiger partial charge in [-0.05, 0) is 42.4 Å². The van der Waals surface area contributed by atoms with Gasteiger partial charge in [-0.2, -0.15) is 0 Å². The zero-order valence-electron chi connectivity index (χ0n) is 24.3. The molecule has 0 aliphatic carbocycles. The van der Waals surface area contributed by atoms with Crippen LogP contribution in [0.4, 0.5) is 4.39 Å². The molecule has 0 radical (unpaired) electrons. The van der Waals surface area contributed by atoms with Crippen molar-refractivity contribution >= 4 is 29.3 Å². The molecule has 3 fully saturated rings. The smallest absolute Gasteiger partial charge is 0.245 e. The number of carbonyl (C=O) groups is 3. The minimum atomic E-state index is -0.588. The van der Waals surface area contributed by atoms with E-state index in [2.05, 4.69) is 10.2 Å². The normalized spacial score (nSPS) is 23.8. The van der Waals surface area contributed by atoms with E-state index in [4.69, 9.17) is 16.3 Å². The van der Waals surface area contributed by atoms with Crippen LogP contribution in [0.3, 0.4) is 0 Å². The molecule has 222 valence electrons. The molecule has 1 N–H and O–H groups in total. The summed E-state index contributed by atoms with van der Waals surface area (Å²) in [4.78, 5) is 45.4. The van der Waals surface area contributed by atoms with Gasteiger partial charge in [0.1, 0.15) is 11.9 Å². The van der Waals surface area contributed by atoms with E-state index in [1.165, 1.54) is 6.07 Å². The number of nitrogens with one attached hydrogen (secondary N) is 1. The summed E-state index contributed by atoms with van der Waals surface area (Å²) in [6, 6.07) is 4.46. The van der Waals surface area contributed by atoms with Crippen molar-refractivity contribution in [3.05, 3.63) is 34.6 Å². The number of piperazine rings is 1. The number of amides is 3. The monoisotopic (exact) mass is 578 g/mol. The first-order chi connectivity index (χ1) is 19.0. The van der Waals surface area contributed by atoms with Crippen LogP contribution in [0.5, 0.6) is 0 Å². The molecule has 3 atom stereocenters. The van der Waals surface area contributed by atoms with Gasteiger partial charge in [-0.3, -0.25) is 19.3 Å². The van der Waals surface area contributed by atoms with Crippen molar-refractivity contribution in [3.8, 4) is 0 Å².